The molecule has 2 aliphatic rings. The number of nitrogens with zero attached hydrogens (tertiary/aromatic N) is 1. The number of hydrogen-bond acceptors (Lipinski definition) is 4. The molecule has 0 spiro atoms. The van der Waals surface area contributed by atoms with Crippen molar-refractivity contribution in [1.29, 1.82) is 0 Å². The fourth-order valence-electron chi connectivity index (χ4n) is 2.37. The second kappa shape index (κ2) is 6.21. The Morgan fingerprint density at radius 3 is 2.69 bits per heavy atom. The summed E-state index contributed by atoms with van der Waals surface area (Å²) in [5.74, 6) is 0. The molecule has 1 aliphatic heterocycles. The Hall–Kier alpha value is -0.610. The average molecular weight is 227 g/mol. The van der Waals surface area contributed by atoms with E-state index in [2.05, 4.69) is 5.16 Å². The standard InChI is InChI=1S/C12H21NO3/c14-13-10-4-6-11(7-5-10)16-9-12-3-1-2-8-15-12/h11-12,14H,1-9H2. The largest absolute Gasteiger partial charge is 0.411 e. The Kier molecular flexibility index (Phi) is 4.60. The SMILES string of the molecule is ON=C1CCC(OCC2CCCCO2)CC1. The summed E-state index contributed by atoms with van der Waals surface area (Å²) < 4.78 is 11.5. The van der Waals surface area contributed by atoms with Gasteiger partial charge in [-0.3, -0.25) is 0 Å². The molecule has 4 nitrogen and oxygen atoms in total. The molecule has 0 aromatic heterocycles. The molecule has 1 heterocycles. The van der Waals surface area contributed by atoms with Crippen molar-refractivity contribution >= 4 is 5.71 Å². The minimum absolute atomic E-state index is 0.307. The van der Waals surface area contributed by atoms with E-state index in [1.807, 2.05) is 0 Å². The van der Waals surface area contributed by atoms with E-state index in [9.17, 15) is 0 Å². The van der Waals surface area contributed by atoms with E-state index in [0.717, 1.165) is 51.0 Å². The predicted octanol–water partition coefficient (Wildman–Crippen LogP) is 2.34. The molecule has 92 valence electrons. The first-order valence-corrected chi connectivity index (χ1v) is 6.31. The van der Waals surface area contributed by atoms with E-state index in [4.69, 9.17) is 14.7 Å². The Morgan fingerprint density at radius 2 is 2.06 bits per heavy atom. The van der Waals surface area contributed by atoms with Crippen LogP contribution in [0.1, 0.15) is 44.9 Å². The monoisotopic (exact) mass is 227 g/mol. The minimum atomic E-state index is 0.307. The van der Waals surface area contributed by atoms with Crippen LogP contribution in [-0.4, -0.2) is 36.3 Å². The third-order valence-corrected chi connectivity index (χ3v) is 3.44. The van der Waals surface area contributed by atoms with Crippen molar-refractivity contribution in [2.24, 2.45) is 5.16 Å². The fourth-order valence-corrected chi connectivity index (χ4v) is 2.37. The van der Waals surface area contributed by atoms with Gasteiger partial charge in [-0.2, -0.15) is 0 Å². The molecule has 0 amide bonds. The summed E-state index contributed by atoms with van der Waals surface area (Å²) in [6, 6.07) is 0. The van der Waals surface area contributed by atoms with Crippen molar-refractivity contribution in [2.75, 3.05) is 13.2 Å². The molecule has 0 radical (unpaired) electrons. The van der Waals surface area contributed by atoms with Gasteiger partial charge < -0.3 is 14.7 Å². The van der Waals surface area contributed by atoms with Crippen LogP contribution in [0.4, 0.5) is 0 Å². The van der Waals surface area contributed by atoms with Crippen LogP contribution < -0.4 is 0 Å². The summed E-state index contributed by atoms with van der Waals surface area (Å²) in [5, 5.41) is 11.9. The number of rotatable bonds is 3. The molecule has 2 rings (SSSR count). The molecule has 0 bridgehead atoms. The van der Waals surface area contributed by atoms with E-state index in [1.54, 1.807) is 0 Å². The van der Waals surface area contributed by atoms with Crippen LogP contribution in [0.25, 0.3) is 0 Å². The van der Waals surface area contributed by atoms with Gasteiger partial charge in [0.25, 0.3) is 0 Å². The molecule has 1 atom stereocenters. The van der Waals surface area contributed by atoms with Gasteiger partial charge in [0.05, 0.1) is 24.5 Å². The van der Waals surface area contributed by atoms with Crippen molar-refractivity contribution in [3.8, 4) is 0 Å². The highest BCUT2D eigenvalue weighted by atomic mass is 16.5. The lowest BCUT2D eigenvalue weighted by Gasteiger charge is -2.27. The van der Waals surface area contributed by atoms with Crippen molar-refractivity contribution in [2.45, 2.75) is 57.2 Å². The van der Waals surface area contributed by atoms with Gasteiger partial charge in [-0.25, -0.2) is 0 Å². The van der Waals surface area contributed by atoms with Crippen molar-refractivity contribution in [3.63, 3.8) is 0 Å². The van der Waals surface area contributed by atoms with Crippen LogP contribution in [0.15, 0.2) is 5.16 Å². The Balaban J connectivity index is 1.63. The van der Waals surface area contributed by atoms with Crippen LogP contribution >= 0.6 is 0 Å². The van der Waals surface area contributed by atoms with Gasteiger partial charge in [0, 0.05) is 6.61 Å². The number of hydrogen-bond donors (Lipinski definition) is 1. The molecular formula is C12H21NO3. The fraction of sp³-hybridized carbons (Fsp3) is 0.917. The van der Waals surface area contributed by atoms with Crippen molar-refractivity contribution in [3.05, 3.63) is 0 Å². The molecule has 1 N–H and O–H groups in total. The number of ether oxygens (including phenoxy) is 2. The van der Waals surface area contributed by atoms with Crippen molar-refractivity contribution < 1.29 is 14.7 Å². The van der Waals surface area contributed by atoms with E-state index < -0.39 is 0 Å². The molecule has 2 fully saturated rings. The molecule has 4 heteroatoms. The predicted molar refractivity (Wildman–Crippen MR) is 61.0 cm³/mol. The third-order valence-electron chi connectivity index (χ3n) is 3.44. The zero-order chi connectivity index (χ0) is 11.2. The first kappa shape index (κ1) is 11.9. The molecule has 0 aromatic carbocycles. The zero-order valence-corrected chi connectivity index (χ0v) is 9.73. The maximum atomic E-state index is 8.64. The molecule has 1 saturated heterocycles. The van der Waals surface area contributed by atoms with Gasteiger partial charge in [0.2, 0.25) is 0 Å². The lowest BCUT2D eigenvalue weighted by molar-refractivity contribution is -0.0665. The molecule has 0 aromatic rings. The smallest absolute Gasteiger partial charge is 0.0808 e. The van der Waals surface area contributed by atoms with Crippen LogP contribution in [0.3, 0.4) is 0 Å². The Labute approximate surface area is 96.6 Å². The summed E-state index contributed by atoms with van der Waals surface area (Å²) in [5.41, 5.74) is 0.911. The van der Waals surface area contributed by atoms with Gasteiger partial charge >= 0.3 is 0 Å². The topological polar surface area (TPSA) is 51.1 Å². The number of oxime groups is 1. The Morgan fingerprint density at radius 1 is 1.25 bits per heavy atom. The van der Waals surface area contributed by atoms with Gasteiger partial charge in [-0.1, -0.05) is 5.16 Å². The van der Waals surface area contributed by atoms with E-state index in [-0.39, 0.29) is 0 Å². The highest BCUT2D eigenvalue weighted by Gasteiger charge is 2.21. The summed E-state index contributed by atoms with van der Waals surface area (Å²) in [6.07, 6.45) is 7.92. The van der Waals surface area contributed by atoms with Gasteiger partial charge in [0.1, 0.15) is 0 Å². The van der Waals surface area contributed by atoms with E-state index in [1.165, 1.54) is 12.8 Å². The molecule has 1 unspecified atom stereocenters. The second-order valence-corrected chi connectivity index (χ2v) is 4.69. The molecule has 1 saturated carbocycles. The second-order valence-electron chi connectivity index (χ2n) is 4.69. The minimum Gasteiger partial charge on any atom is -0.411 e. The summed E-state index contributed by atoms with van der Waals surface area (Å²) in [4.78, 5) is 0. The van der Waals surface area contributed by atoms with E-state index >= 15 is 0 Å². The first-order valence-electron chi connectivity index (χ1n) is 6.31. The highest BCUT2D eigenvalue weighted by molar-refractivity contribution is 5.84. The average Bonchev–Trinajstić information content (AvgIpc) is 2.38. The summed E-state index contributed by atoms with van der Waals surface area (Å²) in [6.45, 7) is 1.62. The maximum absolute atomic E-state index is 8.64. The van der Waals surface area contributed by atoms with Crippen LogP contribution in [0.5, 0.6) is 0 Å². The van der Waals surface area contributed by atoms with Gasteiger partial charge in [-0.15, -0.1) is 0 Å². The van der Waals surface area contributed by atoms with Gasteiger partial charge in [0.15, 0.2) is 0 Å². The zero-order valence-electron chi connectivity index (χ0n) is 9.73. The quantitative estimate of drug-likeness (QED) is 0.594. The molecule has 1 aliphatic carbocycles. The normalized spacial score (nSPS) is 31.4. The Bertz CT molecular complexity index is 226. The summed E-state index contributed by atoms with van der Waals surface area (Å²) in [7, 11) is 0. The maximum Gasteiger partial charge on any atom is 0.0808 e. The van der Waals surface area contributed by atoms with Crippen molar-refractivity contribution in [1.82, 2.24) is 0 Å². The van der Waals surface area contributed by atoms with Crippen LogP contribution in [-0.2, 0) is 9.47 Å². The lowest BCUT2D eigenvalue weighted by Crippen LogP contribution is -2.29. The molecule has 16 heavy (non-hydrogen) atoms. The molecular weight excluding hydrogens is 206 g/mol. The van der Waals surface area contributed by atoms with Gasteiger partial charge in [-0.05, 0) is 44.9 Å². The van der Waals surface area contributed by atoms with Crippen LogP contribution in [0, 0.1) is 0 Å². The summed E-state index contributed by atoms with van der Waals surface area (Å²) >= 11 is 0. The third kappa shape index (κ3) is 3.46. The highest BCUT2D eigenvalue weighted by Crippen LogP contribution is 2.20. The lowest BCUT2D eigenvalue weighted by atomic mass is 9.96. The van der Waals surface area contributed by atoms with Crippen LogP contribution in [0.2, 0.25) is 0 Å². The first-order chi connectivity index (χ1) is 7.88. The van der Waals surface area contributed by atoms with E-state index in [0.29, 0.717) is 12.2 Å².